The van der Waals surface area contributed by atoms with Crippen LogP contribution in [-0.2, 0) is 16.1 Å². The second kappa shape index (κ2) is 4.70. The summed E-state index contributed by atoms with van der Waals surface area (Å²) in [7, 11) is 0. The van der Waals surface area contributed by atoms with Crippen LogP contribution in [0.2, 0.25) is 0 Å². The summed E-state index contributed by atoms with van der Waals surface area (Å²) in [6.45, 7) is 0. The minimum absolute atomic E-state index is 0. The van der Waals surface area contributed by atoms with Gasteiger partial charge in [-0.1, -0.05) is 0 Å². The van der Waals surface area contributed by atoms with Crippen molar-refractivity contribution in [1.29, 1.82) is 0 Å². The molecule has 0 atom stereocenters. The van der Waals surface area contributed by atoms with Crippen molar-refractivity contribution in [2.45, 2.75) is 12.3 Å². The first-order valence-electron chi connectivity index (χ1n) is 1.76. The first-order valence-corrected chi connectivity index (χ1v) is 2.49. The zero-order valence-corrected chi connectivity index (χ0v) is 5.05. The van der Waals surface area contributed by atoms with Crippen LogP contribution in [0.5, 0.6) is 0 Å². The normalized spacial score (nSPS) is 12.5. The minimum atomic E-state index is -5.82. The third-order valence-electron chi connectivity index (χ3n) is 0.482. The van der Waals surface area contributed by atoms with Gasteiger partial charge in [0, 0.05) is 0 Å². The molecule has 0 fully saturated rings. The van der Waals surface area contributed by atoms with Crippen LogP contribution in [0.15, 0.2) is 0 Å². The summed E-state index contributed by atoms with van der Waals surface area (Å²) in [4.78, 5) is 0. The Bertz CT molecular complexity index is 135. The molecule has 0 radical (unpaired) electrons. The maximum absolute atomic E-state index is 11.4. The molecule has 0 aliphatic rings. The van der Waals surface area contributed by atoms with Crippen LogP contribution in [0.4, 0.5) is 22.0 Å². The van der Waals surface area contributed by atoms with E-state index in [0.29, 0.717) is 0 Å². The van der Waals surface area contributed by atoms with Crippen LogP contribution in [0.1, 0.15) is 0 Å². The molecule has 0 unspecified atom stereocenters. The van der Waals surface area contributed by atoms with Gasteiger partial charge in [0.2, 0.25) is 0 Å². The summed E-state index contributed by atoms with van der Waals surface area (Å²) in [5.74, 6) is 0. The zero-order chi connectivity index (χ0) is 8.41. The van der Waals surface area contributed by atoms with Crippen LogP contribution in [0.3, 0.4) is 0 Å². The van der Waals surface area contributed by atoms with Gasteiger partial charge >= 0.3 is 41.8 Å². The molecule has 2 nitrogen and oxygen atoms in total. The predicted octanol–water partition coefficient (Wildman–Crippen LogP) is 0.370. The summed E-state index contributed by atoms with van der Waals surface area (Å²) in [6.07, 6.45) is -11.2. The molecule has 0 aromatic rings. The van der Waals surface area contributed by atoms with E-state index in [4.69, 9.17) is 4.21 Å². The van der Waals surface area contributed by atoms with E-state index in [1.807, 2.05) is 0 Å². The van der Waals surface area contributed by atoms with Crippen LogP contribution in [-0.4, -0.2) is 46.1 Å². The molecule has 0 spiro atoms. The molecule has 0 aliphatic heterocycles. The Labute approximate surface area is 84.1 Å². The molecule has 0 aromatic heterocycles. The number of alkyl halides is 5. The zero-order valence-electron chi connectivity index (χ0n) is 4.15. The molecule has 0 saturated heterocycles. The van der Waals surface area contributed by atoms with Crippen LogP contribution < -0.4 is 0 Å². The molecular weight excluding hydrogens is 206 g/mol. The third kappa shape index (κ3) is 4.36. The van der Waals surface area contributed by atoms with Gasteiger partial charge in [-0.05, 0) is 0 Å². The van der Waals surface area contributed by atoms with Gasteiger partial charge in [0.15, 0.2) is 0 Å². The van der Waals surface area contributed by atoms with Gasteiger partial charge in [0.1, 0.15) is 11.9 Å². The summed E-state index contributed by atoms with van der Waals surface area (Å²) >= 11 is -1.71. The molecule has 0 N–H and O–H groups in total. The van der Waals surface area contributed by atoms with Crippen molar-refractivity contribution >= 4 is 41.5 Å². The van der Waals surface area contributed by atoms with E-state index in [1.54, 1.807) is 0 Å². The van der Waals surface area contributed by atoms with E-state index in [-0.39, 0.29) is 29.6 Å². The fourth-order valence-electron chi connectivity index (χ4n) is 0.0986. The van der Waals surface area contributed by atoms with Gasteiger partial charge in [-0.3, -0.25) is 0 Å². The summed E-state index contributed by atoms with van der Waals surface area (Å²) in [5.41, 5.74) is 0. The second-order valence-electron chi connectivity index (χ2n) is 1.18. The van der Waals surface area contributed by atoms with E-state index in [0.717, 1.165) is 0 Å². The fraction of sp³-hybridized carbons (Fsp3) is 1.00. The van der Waals surface area contributed by atoms with E-state index in [1.165, 1.54) is 0 Å². The van der Waals surface area contributed by atoms with Gasteiger partial charge in [-0.25, -0.2) is 8.39 Å². The first-order chi connectivity index (χ1) is 4.31. The Morgan fingerprint density at radius 2 is 1.45 bits per heavy atom. The number of hydrogen-bond acceptors (Lipinski definition) is 2. The topological polar surface area (TPSA) is 26.3 Å². The Morgan fingerprint density at radius 3 is 1.55 bits per heavy atom. The molecule has 0 heterocycles. The van der Waals surface area contributed by atoms with Crippen LogP contribution >= 0.6 is 0 Å². The summed E-state index contributed by atoms with van der Waals surface area (Å²) in [6, 6.07) is 0. The monoisotopic (exact) mass is 208 g/mol. The Kier molecular flexibility index (Phi) is 6.11. The summed E-state index contributed by atoms with van der Waals surface area (Å²) in [5, 5.41) is 0. The van der Waals surface area contributed by atoms with Crippen molar-refractivity contribution in [1.82, 2.24) is 0 Å². The Balaban J connectivity index is 0. The summed E-state index contributed by atoms with van der Waals surface area (Å²) < 4.78 is 67.5. The van der Waals surface area contributed by atoms with Crippen molar-refractivity contribution in [2.75, 3.05) is 0 Å². The number of thiol groups is 1. The number of hydrogen-bond donors (Lipinski definition) is 1. The molecule has 64 valence electrons. The molecule has 0 rings (SSSR count). The van der Waals surface area contributed by atoms with Gasteiger partial charge in [0.25, 0.3) is 0 Å². The number of halogens is 5. The van der Waals surface area contributed by atoms with Crippen molar-refractivity contribution in [3.8, 4) is 0 Å². The first kappa shape index (κ1) is 14.3. The van der Waals surface area contributed by atoms with Crippen molar-refractivity contribution in [3.63, 3.8) is 0 Å². The van der Waals surface area contributed by atoms with E-state index in [9.17, 15) is 22.0 Å². The second-order valence-corrected chi connectivity index (χ2v) is 1.51. The Hall–Kier alpha value is 0.760. The van der Waals surface area contributed by atoms with Gasteiger partial charge in [0.05, 0.1) is 0 Å². The molecule has 11 heavy (non-hydrogen) atoms. The molecule has 0 saturated carbocycles. The molecule has 0 aliphatic carbocycles. The molecule has 0 aromatic carbocycles. The van der Waals surface area contributed by atoms with Crippen molar-refractivity contribution in [3.05, 3.63) is 0 Å². The van der Waals surface area contributed by atoms with Crippen LogP contribution in [0.25, 0.3) is 0 Å². The van der Waals surface area contributed by atoms with E-state index >= 15 is 0 Å². The predicted molar refractivity (Wildman–Crippen MR) is 28.8 cm³/mol. The average molecular weight is 208 g/mol. The van der Waals surface area contributed by atoms with Gasteiger partial charge in [-0.15, -0.1) is 0 Å². The quantitative estimate of drug-likeness (QED) is 0.403. The van der Waals surface area contributed by atoms with E-state index < -0.39 is 24.2 Å². The third-order valence-corrected chi connectivity index (χ3v) is 0.786. The molecule has 0 bridgehead atoms. The van der Waals surface area contributed by atoms with E-state index in [2.05, 4.69) is 4.18 Å². The average Bonchev–Trinajstić information content (AvgIpc) is 1.61. The SMILES string of the molecule is O=[SH]OC(F)(F)C(F)(F)F.[NaH]. The van der Waals surface area contributed by atoms with Gasteiger partial charge in [-0.2, -0.15) is 22.0 Å². The molecular formula is C2H2F5NaO2S. The van der Waals surface area contributed by atoms with Crippen molar-refractivity contribution < 1.29 is 30.3 Å². The number of rotatable bonds is 2. The van der Waals surface area contributed by atoms with Crippen molar-refractivity contribution in [2.24, 2.45) is 0 Å². The van der Waals surface area contributed by atoms with Gasteiger partial charge < -0.3 is 0 Å². The Morgan fingerprint density at radius 1 is 1.09 bits per heavy atom. The van der Waals surface area contributed by atoms with Crippen LogP contribution in [0, 0.1) is 0 Å². The molecule has 9 heteroatoms. The standard InChI is InChI=1S/C2HF5O2S.Na.H/c3-1(4,5)2(6,7)9-10-8;;/h10H;;. The fourth-order valence-corrected chi connectivity index (χ4v) is 0.296. The maximum atomic E-state index is 11.4. The molecule has 0 amide bonds.